The predicted molar refractivity (Wildman–Crippen MR) is 246 cm³/mol. The summed E-state index contributed by atoms with van der Waals surface area (Å²) < 4.78 is 7.42. The summed E-state index contributed by atoms with van der Waals surface area (Å²) in [4.78, 5) is 5.08. The van der Waals surface area contributed by atoms with Crippen LogP contribution in [0.1, 0.15) is 136 Å². The van der Waals surface area contributed by atoms with Crippen LogP contribution in [0, 0.1) is 6.92 Å². The molecular formula is C53H61BN2O. The van der Waals surface area contributed by atoms with Gasteiger partial charge in [-0.1, -0.05) is 126 Å². The van der Waals surface area contributed by atoms with Crippen molar-refractivity contribution < 1.29 is 4.42 Å². The molecule has 4 heteroatoms. The summed E-state index contributed by atoms with van der Waals surface area (Å²) in [6.07, 6.45) is 2.33. The summed E-state index contributed by atoms with van der Waals surface area (Å²) in [6.45, 7) is 32.6. The molecule has 0 amide bonds. The molecule has 0 saturated carbocycles. The maximum absolute atomic E-state index is 7.42. The van der Waals surface area contributed by atoms with Crippen LogP contribution in [-0.4, -0.2) is 6.71 Å². The molecule has 2 aliphatic heterocycles. The normalized spacial score (nSPS) is 17.0. The van der Waals surface area contributed by atoms with Crippen LogP contribution in [-0.2, 0) is 27.1 Å². The Hall–Kier alpha value is -4.70. The highest BCUT2D eigenvalue weighted by molar-refractivity contribution is 7.00. The Balaban J connectivity index is 1.39. The van der Waals surface area contributed by atoms with E-state index in [1.165, 1.54) is 84.6 Å². The fourth-order valence-corrected chi connectivity index (χ4v) is 9.91. The van der Waals surface area contributed by atoms with Crippen molar-refractivity contribution in [1.29, 1.82) is 0 Å². The van der Waals surface area contributed by atoms with Crippen LogP contribution in [0.3, 0.4) is 0 Å². The fraction of sp³-hybridized carbons (Fsp3) is 0.396. The molecule has 6 aromatic rings. The van der Waals surface area contributed by atoms with Gasteiger partial charge in [0.25, 0.3) is 6.71 Å². The molecule has 9 rings (SSSR count). The number of aryl methyl sites for hydroxylation is 1. The number of nitrogens with zero attached hydrogens (tertiary/aromatic N) is 2. The van der Waals surface area contributed by atoms with E-state index in [1.54, 1.807) is 0 Å². The highest BCUT2D eigenvalue weighted by Gasteiger charge is 2.48. The van der Waals surface area contributed by atoms with Gasteiger partial charge in [-0.25, -0.2) is 0 Å². The molecule has 292 valence electrons. The molecule has 57 heavy (non-hydrogen) atoms. The van der Waals surface area contributed by atoms with E-state index < -0.39 is 0 Å². The lowest BCUT2D eigenvalue weighted by Crippen LogP contribution is -2.61. The Bertz CT molecular complexity index is 2580. The van der Waals surface area contributed by atoms with Gasteiger partial charge in [0.2, 0.25) is 0 Å². The molecule has 0 saturated heterocycles. The topological polar surface area (TPSA) is 19.6 Å². The van der Waals surface area contributed by atoms with Crippen LogP contribution in [0.4, 0.5) is 34.1 Å². The monoisotopic (exact) mass is 752 g/mol. The molecule has 0 unspecified atom stereocenters. The van der Waals surface area contributed by atoms with E-state index in [-0.39, 0.29) is 33.8 Å². The molecule has 3 nitrogen and oxygen atoms in total. The van der Waals surface area contributed by atoms with Crippen molar-refractivity contribution in [3.05, 3.63) is 124 Å². The third-order valence-electron chi connectivity index (χ3n) is 13.6. The fourth-order valence-electron chi connectivity index (χ4n) is 9.91. The number of anilines is 6. The third kappa shape index (κ3) is 5.91. The van der Waals surface area contributed by atoms with Crippen molar-refractivity contribution in [2.24, 2.45) is 0 Å². The zero-order valence-corrected chi connectivity index (χ0v) is 37.0. The molecule has 1 aromatic heterocycles. The van der Waals surface area contributed by atoms with E-state index >= 15 is 0 Å². The Kier molecular flexibility index (Phi) is 8.08. The van der Waals surface area contributed by atoms with Crippen LogP contribution in [0.2, 0.25) is 0 Å². The van der Waals surface area contributed by atoms with Crippen LogP contribution >= 0.6 is 0 Å². The molecule has 0 fully saturated rings. The Morgan fingerprint density at radius 1 is 0.544 bits per heavy atom. The van der Waals surface area contributed by atoms with Crippen LogP contribution in [0.5, 0.6) is 0 Å². The lowest BCUT2D eigenvalue weighted by Gasteiger charge is -2.43. The maximum atomic E-state index is 7.42. The molecule has 0 atom stereocenters. The van der Waals surface area contributed by atoms with Gasteiger partial charge in [-0.3, -0.25) is 0 Å². The molecular weight excluding hydrogens is 691 g/mol. The highest BCUT2D eigenvalue weighted by atomic mass is 16.3. The number of rotatable bonds is 2. The summed E-state index contributed by atoms with van der Waals surface area (Å²) in [5, 5.41) is 1.20. The van der Waals surface area contributed by atoms with Gasteiger partial charge in [0, 0.05) is 33.8 Å². The van der Waals surface area contributed by atoms with Gasteiger partial charge in [0.05, 0.1) is 11.3 Å². The summed E-state index contributed by atoms with van der Waals surface area (Å²) >= 11 is 0. The second kappa shape index (κ2) is 12.2. The molecule has 0 N–H and O–H groups in total. The first-order valence-electron chi connectivity index (χ1n) is 21.3. The van der Waals surface area contributed by atoms with E-state index in [0.717, 1.165) is 23.4 Å². The summed E-state index contributed by atoms with van der Waals surface area (Å²) in [7, 11) is 0. The zero-order chi connectivity index (χ0) is 40.8. The molecule has 0 bridgehead atoms. The van der Waals surface area contributed by atoms with Crippen molar-refractivity contribution in [2.45, 2.75) is 137 Å². The Morgan fingerprint density at radius 3 is 1.54 bits per heavy atom. The number of hydrogen-bond donors (Lipinski definition) is 0. The van der Waals surface area contributed by atoms with E-state index in [0.29, 0.717) is 0 Å². The maximum Gasteiger partial charge on any atom is 0.297 e. The SMILES string of the molecule is Cc1cc2c3c(c1)N(c1ccc(C(C)(C)C)cc1)c1c(oc4cc5c(cc14)C(C)(C)CCC5(C)C)B3c1ccc(C(C)(C)C)cc1N2c1ccc(C(C)(C)C)cc1. The first kappa shape index (κ1) is 37.9. The smallest absolute Gasteiger partial charge is 0.297 e. The van der Waals surface area contributed by atoms with Gasteiger partial charge in [-0.05, 0) is 146 Å². The molecule has 5 aromatic carbocycles. The number of benzene rings is 5. The first-order valence-corrected chi connectivity index (χ1v) is 21.3. The predicted octanol–water partition coefficient (Wildman–Crippen LogP) is 13.1. The number of furan rings is 1. The van der Waals surface area contributed by atoms with Crippen molar-refractivity contribution in [3.63, 3.8) is 0 Å². The average molecular weight is 753 g/mol. The second-order valence-electron chi connectivity index (χ2n) is 21.9. The van der Waals surface area contributed by atoms with Gasteiger partial charge in [0.1, 0.15) is 5.58 Å². The minimum absolute atomic E-state index is 0.0133. The van der Waals surface area contributed by atoms with Gasteiger partial charge >= 0.3 is 0 Å². The average Bonchev–Trinajstić information content (AvgIpc) is 3.50. The van der Waals surface area contributed by atoms with Crippen LogP contribution in [0.15, 0.2) is 95.4 Å². The Labute approximate surface area is 342 Å². The minimum atomic E-state index is -0.0738. The van der Waals surface area contributed by atoms with Crippen molar-refractivity contribution in [3.8, 4) is 0 Å². The Morgan fingerprint density at radius 2 is 1.02 bits per heavy atom. The van der Waals surface area contributed by atoms with Gasteiger partial charge in [-0.15, -0.1) is 0 Å². The summed E-state index contributed by atoms with van der Waals surface area (Å²) in [5.41, 5.74) is 20.2. The largest absolute Gasteiger partial charge is 0.468 e. The van der Waals surface area contributed by atoms with E-state index in [2.05, 4.69) is 198 Å². The van der Waals surface area contributed by atoms with E-state index in [9.17, 15) is 0 Å². The number of hydrogen-bond acceptors (Lipinski definition) is 3. The van der Waals surface area contributed by atoms with Crippen LogP contribution in [0.25, 0.3) is 11.0 Å². The minimum Gasteiger partial charge on any atom is -0.468 e. The lowest BCUT2D eigenvalue weighted by molar-refractivity contribution is 0.332. The highest BCUT2D eigenvalue weighted by Crippen LogP contribution is 2.52. The molecule has 3 heterocycles. The summed E-state index contributed by atoms with van der Waals surface area (Å²) in [6, 6.07) is 35.6. The van der Waals surface area contributed by atoms with Gasteiger partial charge in [0.15, 0.2) is 0 Å². The van der Waals surface area contributed by atoms with Gasteiger partial charge in [-0.2, -0.15) is 0 Å². The van der Waals surface area contributed by atoms with Crippen molar-refractivity contribution >= 4 is 68.4 Å². The standard InChI is InChI=1S/C53H61BN2O/c1-32-27-43-46-44(28-32)56(37-22-17-34(18-23-37)50(5,6)7)47-38-30-39-40(53(13,14)26-25-52(39,11)12)31-45(38)57-48(47)54(46)41-24-19-35(51(8,9)10)29-42(41)55(43)36-20-15-33(16-21-36)49(2,3)4/h15-24,27-31H,25-26H2,1-14H3. The zero-order valence-electron chi connectivity index (χ0n) is 37.0. The van der Waals surface area contributed by atoms with Gasteiger partial charge < -0.3 is 14.2 Å². The second-order valence-corrected chi connectivity index (χ2v) is 21.9. The molecule has 0 spiro atoms. The van der Waals surface area contributed by atoms with E-state index in [1.807, 2.05) is 0 Å². The lowest BCUT2D eigenvalue weighted by atomic mass is 9.35. The third-order valence-corrected chi connectivity index (χ3v) is 13.6. The first-order chi connectivity index (χ1) is 26.5. The quantitative estimate of drug-likeness (QED) is 0.164. The number of fused-ring (bicyclic) bond motifs is 7. The van der Waals surface area contributed by atoms with E-state index in [4.69, 9.17) is 4.42 Å². The summed E-state index contributed by atoms with van der Waals surface area (Å²) in [5.74, 6) is 0. The molecule has 3 aliphatic rings. The van der Waals surface area contributed by atoms with Crippen molar-refractivity contribution in [1.82, 2.24) is 0 Å². The molecule has 0 radical (unpaired) electrons. The van der Waals surface area contributed by atoms with Crippen LogP contribution < -0.4 is 26.4 Å². The molecule has 1 aliphatic carbocycles. The van der Waals surface area contributed by atoms with Crippen molar-refractivity contribution in [2.75, 3.05) is 9.80 Å².